The van der Waals surface area contributed by atoms with Gasteiger partial charge in [0.05, 0.1) is 6.10 Å². The van der Waals surface area contributed by atoms with Crippen molar-refractivity contribution in [1.82, 2.24) is 0 Å². The number of aromatic hydroxyl groups is 1. The number of phenolic OH excluding ortho intramolecular Hbond substituents is 1. The molecule has 3 nitrogen and oxygen atoms in total. The number of aliphatic hydroxyl groups excluding tert-OH is 2. The highest BCUT2D eigenvalue weighted by Crippen LogP contribution is 2.33. The molecule has 90 valence electrons. The lowest BCUT2D eigenvalue weighted by atomic mass is 9.99. The van der Waals surface area contributed by atoms with Gasteiger partial charge in [0, 0.05) is 10.6 Å². The fourth-order valence-corrected chi connectivity index (χ4v) is 2.03. The number of rotatable bonds is 4. The molecule has 0 saturated carbocycles. The summed E-state index contributed by atoms with van der Waals surface area (Å²) < 4.78 is 0. The number of aliphatic hydroxyl groups is 2. The minimum absolute atomic E-state index is 0.0323. The van der Waals surface area contributed by atoms with E-state index in [0.717, 1.165) is 0 Å². The van der Waals surface area contributed by atoms with Gasteiger partial charge in [0.1, 0.15) is 11.9 Å². The molecule has 0 spiro atoms. The number of aryl methyl sites for hydroxylation is 1. The van der Waals surface area contributed by atoms with Gasteiger partial charge in [-0.25, -0.2) is 0 Å². The molecule has 0 amide bonds. The summed E-state index contributed by atoms with van der Waals surface area (Å²) in [7, 11) is 0. The quantitative estimate of drug-likeness (QED) is 0.629. The zero-order valence-electron chi connectivity index (χ0n) is 8.89. The Morgan fingerprint density at radius 2 is 2.00 bits per heavy atom. The molecule has 0 saturated heterocycles. The molecule has 0 radical (unpaired) electrons. The van der Waals surface area contributed by atoms with E-state index in [9.17, 15) is 15.3 Å². The normalized spacial score (nSPS) is 14.8. The van der Waals surface area contributed by atoms with E-state index >= 15 is 0 Å². The van der Waals surface area contributed by atoms with Crippen molar-refractivity contribution >= 4 is 24.2 Å². The minimum Gasteiger partial charge on any atom is -0.507 e. The first-order valence-electron chi connectivity index (χ1n) is 4.93. The van der Waals surface area contributed by atoms with Crippen molar-refractivity contribution in [2.24, 2.45) is 0 Å². The molecule has 0 fully saturated rings. The lowest BCUT2D eigenvalue weighted by Crippen LogP contribution is -2.19. The number of halogens is 1. The molecule has 0 aliphatic rings. The summed E-state index contributed by atoms with van der Waals surface area (Å²) in [6.45, 7) is 1.68. The Kier molecular flexibility index (Phi) is 4.92. The van der Waals surface area contributed by atoms with E-state index in [-0.39, 0.29) is 11.3 Å². The molecular weight excluding hydrogens is 248 g/mol. The van der Waals surface area contributed by atoms with Gasteiger partial charge < -0.3 is 15.3 Å². The van der Waals surface area contributed by atoms with Crippen molar-refractivity contribution in [2.75, 3.05) is 5.75 Å². The number of hydrogen-bond donors (Lipinski definition) is 4. The topological polar surface area (TPSA) is 60.7 Å². The van der Waals surface area contributed by atoms with Crippen LogP contribution in [-0.4, -0.2) is 27.2 Å². The van der Waals surface area contributed by atoms with Crippen LogP contribution in [-0.2, 0) is 0 Å². The van der Waals surface area contributed by atoms with Crippen LogP contribution in [0.15, 0.2) is 12.1 Å². The molecule has 1 aromatic rings. The van der Waals surface area contributed by atoms with E-state index < -0.39 is 12.2 Å². The highest BCUT2D eigenvalue weighted by Gasteiger charge is 2.22. The second-order valence-corrected chi connectivity index (χ2v) is 4.57. The van der Waals surface area contributed by atoms with Crippen molar-refractivity contribution in [1.29, 1.82) is 0 Å². The Morgan fingerprint density at radius 1 is 1.38 bits per heavy atom. The highest BCUT2D eigenvalue weighted by atomic mass is 35.5. The van der Waals surface area contributed by atoms with Gasteiger partial charge in [-0.05, 0) is 36.8 Å². The monoisotopic (exact) mass is 262 g/mol. The lowest BCUT2D eigenvalue weighted by Gasteiger charge is -2.19. The van der Waals surface area contributed by atoms with Gasteiger partial charge in [-0.15, -0.1) is 0 Å². The van der Waals surface area contributed by atoms with Crippen LogP contribution in [0, 0.1) is 6.92 Å². The van der Waals surface area contributed by atoms with Crippen LogP contribution in [0.4, 0.5) is 0 Å². The maximum absolute atomic E-state index is 9.85. The second-order valence-electron chi connectivity index (χ2n) is 3.68. The van der Waals surface area contributed by atoms with Crippen molar-refractivity contribution < 1.29 is 15.3 Å². The predicted molar refractivity (Wildman–Crippen MR) is 67.3 cm³/mol. The second kappa shape index (κ2) is 5.77. The molecule has 0 heterocycles. The minimum atomic E-state index is -1.15. The summed E-state index contributed by atoms with van der Waals surface area (Å²) in [6, 6.07) is 3.05. The maximum atomic E-state index is 9.85. The molecule has 1 rings (SSSR count). The molecule has 3 N–H and O–H groups in total. The number of phenols is 1. The van der Waals surface area contributed by atoms with Gasteiger partial charge in [-0.2, -0.15) is 12.6 Å². The molecule has 16 heavy (non-hydrogen) atoms. The third-order valence-electron chi connectivity index (χ3n) is 2.40. The number of thiol groups is 1. The van der Waals surface area contributed by atoms with Crippen molar-refractivity contribution in [3.05, 3.63) is 28.3 Å². The Bertz CT molecular complexity index is 370. The van der Waals surface area contributed by atoms with Gasteiger partial charge in [0.25, 0.3) is 0 Å². The number of hydrogen-bond acceptors (Lipinski definition) is 4. The maximum Gasteiger partial charge on any atom is 0.124 e. The van der Waals surface area contributed by atoms with Gasteiger partial charge >= 0.3 is 0 Å². The molecule has 2 atom stereocenters. The SMILES string of the molecule is Cc1cc(Cl)cc(C(O)C(O)CCS)c1O. The largest absolute Gasteiger partial charge is 0.507 e. The smallest absolute Gasteiger partial charge is 0.124 e. The molecule has 0 aromatic heterocycles. The summed E-state index contributed by atoms with van der Waals surface area (Å²) in [5, 5.41) is 29.7. The molecule has 5 heteroatoms. The lowest BCUT2D eigenvalue weighted by molar-refractivity contribution is 0.0159. The predicted octanol–water partition coefficient (Wildman–Crippen LogP) is 2.07. The molecule has 0 aliphatic carbocycles. The average Bonchev–Trinajstić information content (AvgIpc) is 2.22. The molecule has 0 aliphatic heterocycles. The summed E-state index contributed by atoms with van der Waals surface area (Å²) in [4.78, 5) is 0. The van der Waals surface area contributed by atoms with Crippen LogP contribution in [0.5, 0.6) is 5.75 Å². The van der Waals surface area contributed by atoms with Crippen LogP contribution in [0.25, 0.3) is 0 Å². The average molecular weight is 263 g/mol. The Balaban J connectivity index is 3.03. The fraction of sp³-hybridized carbons (Fsp3) is 0.455. The molecule has 1 aromatic carbocycles. The van der Waals surface area contributed by atoms with E-state index in [1.54, 1.807) is 13.0 Å². The van der Waals surface area contributed by atoms with Crippen LogP contribution in [0.3, 0.4) is 0 Å². The van der Waals surface area contributed by atoms with E-state index in [1.165, 1.54) is 6.07 Å². The van der Waals surface area contributed by atoms with E-state index in [4.69, 9.17) is 11.6 Å². The van der Waals surface area contributed by atoms with Gasteiger partial charge in [0.2, 0.25) is 0 Å². The van der Waals surface area contributed by atoms with Crippen molar-refractivity contribution in [3.63, 3.8) is 0 Å². The summed E-state index contributed by atoms with van der Waals surface area (Å²) >= 11 is 9.80. The fourth-order valence-electron chi connectivity index (χ4n) is 1.48. The van der Waals surface area contributed by atoms with E-state index in [2.05, 4.69) is 12.6 Å². The standard InChI is InChI=1S/C11H15ClO3S/c1-6-4-7(12)5-8(10(6)14)11(15)9(13)2-3-16/h4-5,9,11,13-16H,2-3H2,1H3. The van der Waals surface area contributed by atoms with Gasteiger partial charge in [-0.3, -0.25) is 0 Å². The van der Waals surface area contributed by atoms with Gasteiger partial charge in [-0.1, -0.05) is 11.6 Å². The van der Waals surface area contributed by atoms with Gasteiger partial charge in [0.15, 0.2) is 0 Å². The third-order valence-corrected chi connectivity index (χ3v) is 2.88. The Hall–Kier alpha value is -0.420. The van der Waals surface area contributed by atoms with E-state index in [1.807, 2.05) is 0 Å². The Labute approximate surface area is 105 Å². The Morgan fingerprint density at radius 3 is 2.56 bits per heavy atom. The molecular formula is C11H15ClO3S. The summed E-state index contributed by atoms with van der Waals surface area (Å²) in [6.07, 6.45) is -1.76. The molecule has 0 bridgehead atoms. The number of benzene rings is 1. The van der Waals surface area contributed by atoms with Crippen molar-refractivity contribution in [3.8, 4) is 5.75 Å². The zero-order valence-corrected chi connectivity index (χ0v) is 10.5. The van der Waals surface area contributed by atoms with Crippen LogP contribution in [0.2, 0.25) is 5.02 Å². The summed E-state index contributed by atoms with van der Waals surface area (Å²) in [5.74, 6) is 0.425. The summed E-state index contributed by atoms with van der Waals surface area (Å²) in [5.41, 5.74) is 0.818. The first kappa shape index (κ1) is 13.6. The third kappa shape index (κ3) is 3.04. The van der Waals surface area contributed by atoms with Crippen LogP contribution in [0.1, 0.15) is 23.7 Å². The zero-order chi connectivity index (χ0) is 12.3. The highest BCUT2D eigenvalue weighted by molar-refractivity contribution is 7.80. The van der Waals surface area contributed by atoms with E-state index in [0.29, 0.717) is 22.8 Å². The molecule has 2 unspecified atom stereocenters. The van der Waals surface area contributed by atoms with Crippen LogP contribution < -0.4 is 0 Å². The first-order valence-corrected chi connectivity index (χ1v) is 5.94. The van der Waals surface area contributed by atoms with Crippen molar-refractivity contribution in [2.45, 2.75) is 25.6 Å². The van der Waals surface area contributed by atoms with Crippen LogP contribution >= 0.6 is 24.2 Å². The first-order chi connectivity index (χ1) is 7.47.